The van der Waals surface area contributed by atoms with Crippen molar-refractivity contribution in [3.05, 3.63) is 70.3 Å². The lowest BCUT2D eigenvalue weighted by Crippen LogP contribution is -2.16. The first-order valence-electron chi connectivity index (χ1n) is 7.53. The summed E-state index contributed by atoms with van der Waals surface area (Å²) in [7, 11) is 0. The third-order valence-corrected chi connectivity index (χ3v) is 4.15. The highest BCUT2D eigenvalue weighted by Gasteiger charge is 2.23. The van der Waals surface area contributed by atoms with Crippen molar-refractivity contribution in [1.29, 1.82) is 5.26 Å². The molecule has 0 spiro atoms. The van der Waals surface area contributed by atoms with E-state index in [1.807, 2.05) is 18.3 Å². The first-order valence-corrected chi connectivity index (χ1v) is 7.53. The van der Waals surface area contributed by atoms with E-state index in [2.05, 4.69) is 16.2 Å². The number of benzene rings is 1. The van der Waals surface area contributed by atoms with Gasteiger partial charge >= 0.3 is 0 Å². The van der Waals surface area contributed by atoms with Crippen LogP contribution in [-0.4, -0.2) is 14.8 Å². The van der Waals surface area contributed by atoms with Crippen LogP contribution in [0.4, 0.5) is 0 Å². The molecule has 0 saturated heterocycles. The Morgan fingerprint density at radius 3 is 2.57 bits per heavy atom. The van der Waals surface area contributed by atoms with Crippen LogP contribution in [0.15, 0.2) is 53.6 Å². The number of nitrogens with one attached hydrogen (secondary N) is 1. The fourth-order valence-corrected chi connectivity index (χ4v) is 2.66. The summed E-state index contributed by atoms with van der Waals surface area (Å²) in [5.74, 6) is 1.23. The molecule has 2 heterocycles. The number of nitriles is 1. The van der Waals surface area contributed by atoms with Crippen molar-refractivity contribution in [2.75, 3.05) is 0 Å². The summed E-state index contributed by atoms with van der Waals surface area (Å²) in [6.07, 6.45) is 5.97. The van der Waals surface area contributed by atoms with E-state index >= 15 is 0 Å². The summed E-state index contributed by atoms with van der Waals surface area (Å²) in [5, 5.41) is 11.8. The summed E-state index contributed by atoms with van der Waals surface area (Å²) in [4.78, 5) is 17.0. The lowest BCUT2D eigenvalue weighted by Gasteiger charge is -2.02. The molecule has 0 unspecified atom stereocenters. The van der Waals surface area contributed by atoms with Crippen molar-refractivity contribution < 1.29 is 0 Å². The van der Waals surface area contributed by atoms with Gasteiger partial charge in [-0.25, -0.2) is 9.67 Å². The van der Waals surface area contributed by atoms with E-state index in [-0.39, 0.29) is 5.56 Å². The highest BCUT2D eigenvalue weighted by atomic mass is 16.1. The quantitative estimate of drug-likeness (QED) is 0.808. The number of hydrogen-bond donors (Lipinski definition) is 1. The number of rotatable bonds is 3. The van der Waals surface area contributed by atoms with Crippen LogP contribution in [-0.2, 0) is 0 Å². The molecule has 0 atom stereocenters. The Morgan fingerprint density at radius 2 is 1.96 bits per heavy atom. The van der Waals surface area contributed by atoms with Crippen molar-refractivity contribution >= 4 is 0 Å². The Balaban J connectivity index is 1.69. The molecule has 5 nitrogen and oxygen atoms in total. The number of hydrogen-bond acceptors (Lipinski definition) is 3. The molecule has 0 bridgehead atoms. The Bertz CT molecular complexity index is 938. The minimum Gasteiger partial charge on any atom is -0.296 e. The molecule has 1 aliphatic carbocycles. The van der Waals surface area contributed by atoms with E-state index in [1.165, 1.54) is 23.1 Å². The molecule has 2 aromatic heterocycles. The molecule has 3 aromatic rings. The lowest BCUT2D eigenvalue weighted by molar-refractivity contribution is 0.816. The number of H-pyrrole nitrogens is 1. The standard InChI is InChI=1S/C18H14N4O/c19-9-12-1-3-14(4-2-12)16-11-21-22(18(16)23)17-8-7-15(10-20-17)13-5-6-13/h1-4,7-8,10-11,13,21H,5-6H2. The summed E-state index contributed by atoms with van der Waals surface area (Å²) < 4.78 is 1.43. The van der Waals surface area contributed by atoms with Gasteiger partial charge in [0.15, 0.2) is 5.82 Å². The van der Waals surface area contributed by atoms with Crippen LogP contribution in [0.5, 0.6) is 0 Å². The maximum atomic E-state index is 12.6. The third-order valence-electron chi connectivity index (χ3n) is 4.15. The topological polar surface area (TPSA) is 74.5 Å². The summed E-state index contributed by atoms with van der Waals surface area (Å²) in [6.45, 7) is 0. The zero-order valence-electron chi connectivity index (χ0n) is 12.4. The van der Waals surface area contributed by atoms with Gasteiger partial charge in [0.25, 0.3) is 5.56 Å². The molecule has 0 amide bonds. The predicted octanol–water partition coefficient (Wildman–Crippen LogP) is 2.98. The molecule has 112 valence electrons. The van der Waals surface area contributed by atoms with E-state index in [1.54, 1.807) is 30.5 Å². The van der Waals surface area contributed by atoms with E-state index in [0.29, 0.717) is 22.9 Å². The van der Waals surface area contributed by atoms with Crippen LogP contribution in [0.1, 0.15) is 29.9 Å². The number of pyridine rings is 1. The monoisotopic (exact) mass is 302 g/mol. The number of aromatic nitrogens is 3. The van der Waals surface area contributed by atoms with Gasteiger partial charge in [-0.05, 0) is 48.1 Å². The van der Waals surface area contributed by atoms with E-state index in [4.69, 9.17) is 5.26 Å². The fourth-order valence-electron chi connectivity index (χ4n) is 2.66. The van der Waals surface area contributed by atoms with Crippen LogP contribution in [0.3, 0.4) is 0 Å². The highest BCUT2D eigenvalue weighted by molar-refractivity contribution is 5.63. The van der Waals surface area contributed by atoms with Gasteiger partial charge in [-0.1, -0.05) is 18.2 Å². The van der Waals surface area contributed by atoms with Crippen molar-refractivity contribution in [2.45, 2.75) is 18.8 Å². The average Bonchev–Trinajstić information content (AvgIpc) is 3.38. The SMILES string of the molecule is N#Cc1ccc(-c2c[nH]n(-c3ccc(C4CC4)cn3)c2=O)cc1. The van der Waals surface area contributed by atoms with Gasteiger partial charge < -0.3 is 0 Å². The zero-order valence-corrected chi connectivity index (χ0v) is 12.4. The third kappa shape index (κ3) is 2.44. The van der Waals surface area contributed by atoms with Crippen molar-refractivity contribution in [3.63, 3.8) is 0 Å². The van der Waals surface area contributed by atoms with E-state index in [0.717, 1.165) is 5.56 Å². The second-order valence-electron chi connectivity index (χ2n) is 5.74. The molecule has 23 heavy (non-hydrogen) atoms. The van der Waals surface area contributed by atoms with Gasteiger partial charge in [-0.3, -0.25) is 9.89 Å². The Hall–Kier alpha value is -3.13. The van der Waals surface area contributed by atoms with Crippen LogP contribution in [0.25, 0.3) is 16.9 Å². The average molecular weight is 302 g/mol. The largest absolute Gasteiger partial charge is 0.296 e. The molecule has 0 aliphatic heterocycles. The van der Waals surface area contributed by atoms with Gasteiger partial charge in [0, 0.05) is 12.4 Å². The Labute approximate surface area is 132 Å². The highest BCUT2D eigenvalue weighted by Crippen LogP contribution is 2.39. The van der Waals surface area contributed by atoms with E-state index < -0.39 is 0 Å². The van der Waals surface area contributed by atoms with Gasteiger partial charge in [-0.2, -0.15) is 5.26 Å². The summed E-state index contributed by atoms with van der Waals surface area (Å²) in [5.41, 5.74) is 2.99. The fraction of sp³-hybridized carbons (Fsp3) is 0.167. The molecule has 0 radical (unpaired) electrons. The lowest BCUT2D eigenvalue weighted by atomic mass is 10.1. The predicted molar refractivity (Wildman–Crippen MR) is 86.3 cm³/mol. The smallest absolute Gasteiger partial charge is 0.280 e. The zero-order chi connectivity index (χ0) is 15.8. The van der Waals surface area contributed by atoms with E-state index in [9.17, 15) is 4.79 Å². The van der Waals surface area contributed by atoms with Gasteiger partial charge in [0.05, 0.1) is 17.2 Å². The molecular formula is C18H14N4O. The molecule has 1 aromatic carbocycles. The normalized spacial score (nSPS) is 13.7. The van der Waals surface area contributed by atoms with Gasteiger partial charge in [-0.15, -0.1) is 0 Å². The molecule has 5 heteroatoms. The summed E-state index contributed by atoms with van der Waals surface area (Å²) in [6, 6.07) is 12.9. The van der Waals surface area contributed by atoms with Gasteiger partial charge in [0.2, 0.25) is 0 Å². The Kier molecular flexibility index (Phi) is 3.09. The molecule has 1 N–H and O–H groups in total. The van der Waals surface area contributed by atoms with Crippen molar-refractivity contribution in [1.82, 2.24) is 14.8 Å². The second kappa shape index (κ2) is 5.25. The second-order valence-corrected chi connectivity index (χ2v) is 5.74. The van der Waals surface area contributed by atoms with Crippen LogP contribution < -0.4 is 5.56 Å². The van der Waals surface area contributed by atoms with Crippen LogP contribution in [0, 0.1) is 11.3 Å². The van der Waals surface area contributed by atoms with Crippen molar-refractivity contribution in [3.8, 4) is 23.0 Å². The minimum absolute atomic E-state index is 0.152. The maximum Gasteiger partial charge on any atom is 0.280 e. The van der Waals surface area contributed by atoms with Gasteiger partial charge in [0.1, 0.15) is 0 Å². The molecular weight excluding hydrogens is 288 g/mol. The van der Waals surface area contributed by atoms with Crippen LogP contribution >= 0.6 is 0 Å². The Morgan fingerprint density at radius 1 is 1.17 bits per heavy atom. The minimum atomic E-state index is -0.152. The first-order chi connectivity index (χ1) is 11.3. The molecule has 4 rings (SSSR count). The first kappa shape index (κ1) is 13.5. The molecule has 1 saturated carbocycles. The number of aromatic amines is 1. The van der Waals surface area contributed by atoms with Crippen molar-refractivity contribution in [2.24, 2.45) is 0 Å². The molecule has 1 fully saturated rings. The molecule has 1 aliphatic rings. The number of nitrogens with zero attached hydrogens (tertiary/aromatic N) is 3. The summed E-state index contributed by atoms with van der Waals surface area (Å²) >= 11 is 0. The van der Waals surface area contributed by atoms with Crippen LogP contribution in [0.2, 0.25) is 0 Å². The maximum absolute atomic E-state index is 12.6.